The Balaban J connectivity index is 2.53. The molecule has 0 saturated carbocycles. The van der Waals surface area contributed by atoms with E-state index in [0.717, 1.165) is 13.0 Å². The highest BCUT2D eigenvalue weighted by Gasteiger charge is 2.36. The number of carboxylic acids is 1. The Kier molecular flexibility index (Phi) is 5.80. The van der Waals surface area contributed by atoms with Crippen LogP contribution in [-0.2, 0) is 4.79 Å². The maximum atomic E-state index is 12.1. The van der Waals surface area contributed by atoms with Gasteiger partial charge in [0.25, 0.3) is 0 Å². The molecule has 0 radical (unpaired) electrons. The number of nitrogens with one attached hydrogen (secondary N) is 1. The minimum atomic E-state index is -0.851. The first-order chi connectivity index (χ1) is 9.36. The number of hydrogen-bond donors (Lipinski definition) is 2. The van der Waals surface area contributed by atoms with Gasteiger partial charge in [-0.1, -0.05) is 13.8 Å². The van der Waals surface area contributed by atoms with Crippen LogP contribution in [0.2, 0.25) is 0 Å². The Labute approximate surface area is 121 Å². The Bertz CT molecular complexity index is 354. The van der Waals surface area contributed by atoms with E-state index in [2.05, 4.69) is 10.2 Å². The van der Waals surface area contributed by atoms with Gasteiger partial charge in [-0.2, -0.15) is 0 Å². The summed E-state index contributed by atoms with van der Waals surface area (Å²) >= 11 is 0. The Morgan fingerprint density at radius 2 is 1.95 bits per heavy atom. The lowest BCUT2D eigenvalue weighted by atomic mass is 9.82. The molecule has 0 aromatic carbocycles. The fraction of sp³-hybridized carbons (Fsp3) is 0.857. The van der Waals surface area contributed by atoms with E-state index in [4.69, 9.17) is 0 Å². The van der Waals surface area contributed by atoms with Crippen molar-refractivity contribution >= 4 is 12.0 Å². The summed E-state index contributed by atoms with van der Waals surface area (Å²) < 4.78 is 0. The van der Waals surface area contributed by atoms with E-state index >= 15 is 0 Å². The second kappa shape index (κ2) is 6.92. The number of carboxylic acid groups (broad SMARTS) is 1. The van der Waals surface area contributed by atoms with Gasteiger partial charge >= 0.3 is 12.0 Å². The van der Waals surface area contributed by atoms with E-state index in [0.29, 0.717) is 25.4 Å². The molecule has 0 bridgehead atoms. The van der Waals surface area contributed by atoms with Crippen LogP contribution in [0.4, 0.5) is 4.79 Å². The molecule has 1 unspecified atom stereocenters. The minimum Gasteiger partial charge on any atom is -0.481 e. The zero-order valence-corrected chi connectivity index (χ0v) is 13.0. The predicted octanol–water partition coefficient (Wildman–Crippen LogP) is 1.22. The summed E-state index contributed by atoms with van der Waals surface area (Å²) in [5, 5.41) is 12.1. The fourth-order valence-corrected chi connectivity index (χ4v) is 2.58. The van der Waals surface area contributed by atoms with Gasteiger partial charge in [-0.3, -0.25) is 4.79 Å². The van der Waals surface area contributed by atoms with E-state index in [-0.39, 0.29) is 12.6 Å². The molecule has 0 spiro atoms. The van der Waals surface area contributed by atoms with Crippen molar-refractivity contribution in [1.29, 1.82) is 0 Å². The summed E-state index contributed by atoms with van der Waals surface area (Å²) in [6.07, 6.45) is 1.99. The van der Waals surface area contributed by atoms with Crippen LogP contribution in [0.25, 0.3) is 0 Å². The first kappa shape index (κ1) is 16.8. The number of amides is 2. The molecule has 20 heavy (non-hydrogen) atoms. The summed E-state index contributed by atoms with van der Waals surface area (Å²) in [7, 11) is 4.02. The lowest BCUT2D eigenvalue weighted by Gasteiger charge is -2.28. The van der Waals surface area contributed by atoms with Gasteiger partial charge in [-0.25, -0.2) is 4.79 Å². The summed E-state index contributed by atoms with van der Waals surface area (Å²) in [5.74, 6) is -0.838. The summed E-state index contributed by atoms with van der Waals surface area (Å²) in [5.41, 5.74) is -0.851. The number of carbonyl (C=O) groups excluding carboxylic acids is 1. The van der Waals surface area contributed by atoms with Crippen molar-refractivity contribution in [2.24, 2.45) is 5.41 Å². The van der Waals surface area contributed by atoms with Gasteiger partial charge in [0.2, 0.25) is 0 Å². The molecule has 1 atom stereocenters. The first-order valence-electron chi connectivity index (χ1n) is 7.29. The van der Waals surface area contributed by atoms with Crippen LogP contribution < -0.4 is 5.32 Å². The summed E-state index contributed by atoms with van der Waals surface area (Å²) in [6.45, 7) is 5.32. The van der Waals surface area contributed by atoms with E-state index in [1.807, 2.05) is 27.9 Å². The average Bonchev–Trinajstić information content (AvgIpc) is 2.89. The van der Waals surface area contributed by atoms with E-state index in [9.17, 15) is 14.7 Å². The number of carbonyl (C=O) groups is 2. The molecular weight excluding hydrogens is 258 g/mol. The number of rotatable bonds is 6. The molecule has 0 aromatic heterocycles. The average molecular weight is 285 g/mol. The quantitative estimate of drug-likeness (QED) is 0.769. The largest absolute Gasteiger partial charge is 0.481 e. The highest BCUT2D eigenvalue weighted by molar-refractivity contribution is 5.78. The van der Waals surface area contributed by atoms with Crippen molar-refractivity contribution in [2.45, 2.75) is 39.2 Å². The number of likely N-dealkylation sites (tertiary alicyclic amines) is 1. The number of nitrogens with zero attached hydrogens (tertiary/aromatic N) is 2. The third-order valence-electron chi connectivity index (χ3n) is 4.57. The molecule has 116 valence electrons. The molecule has 0 aliphatic carbocycles. The topological polar surface area (TPSA) is 72.9 Å². The van der Waals surface area contributed by atoms with Gasteiger partial charge in [0.15, 0.2) is 0 Å². The van der Waals surface area contributed by atoms with E-state index in [1.165, 1.54) is 0 Å². The van der Waals surface area contributed by atoms with Gasteiger partial charge in [0, 0.05) is 25.7 Å². The van der Waals surface area contributed by atoms with Crippen LogP contribution in [0.1, 0.15) is 33.1 Å². The molecule has 6 heteroatoms. The molecule has 1 saturated heterocycles. The Morgan fingerprint density at radius 1 is 1.35 bits per heavy atom. The van der Waals surface area contributed by atoms with Crippen LogP contribution >= 0.6 is 0 Å². The molecule has 2 N–H and O–H groups in total. The SMILES string of the molecule is CCC(CC)(CNC(=O)N1CCC(N(C)C)C1)C(=O)O. The number of hydrogen-bond acceptors (Lipinski definition) is 3. The highest BCUT2D eigenvalue weighted by Crippen LogP contribution is 2.26. The van der Waals surface area contributed by atoms with Crippen molar-refractivity contribution in [3.8, 4) is 0 Å². The van der Waals surface area contributed by atoms with Gasteiger partial charge in [0.05, 0.1) is 5.41 Å². The second-order valence-corrected chi connectivity index (χ2v) is 5.80. The van der Waals surface area contributed by atoms with Crippen LogP contribution in [0.15, 0.2) is 0 Å². The number of urea groups is 1. The maximum Gasteiger partial charge on any atom is 0.317 e. The third kappa shape index (κ3) is 3.62. The lowest BCUT2D eigenvalue weighted by Crippen LogP contribution is -2.47. The molecule has 0 aromatic rings. The Hall–Kier alpha value is -1.30. The van der Waals surface area contributed by atoms with Gasteiger partial charge in [-0.15, -0.1) is 0 Å². The number of likely N-dealkylation sites (N-methyl/N-ethyl adjacent to an activating group) is 1. The molecule has 1 fully saturated rings. The third-order valence-corrected chi connectivity index (χ3v) is 4.57. The van der Waals surface area contributed by atoms with Crippen molar-refractivity contribution < 1.29 is 14.7 Å². The van der Waals surface area contributed by atoms with Gasteiger partial charge in [-0.05, 0) is 33.4 Å². The molecule has 2 amide bonds. The molecule has 1 heterocycles. The smallest absolute Gasteiger partial charge is 0.317 e. The molecule has 1 rings (SSSR count). The van der Waals surface area contributed by atoms with Gasteiger partial charge in [0.1, 0.15) is 0 Å². The molecule has 6 nitrogen and oxygen atoms in total. The number of aliphatic carboxylic acids is 1. The maximum absolute atomic E-state index is 12.1. The monoisotopic (exact) mass is 285 g/mol. The Morgan fingerprint density at radius 3 is 2.35 bits per heavy atom. The van der Waals surface area contributed by atoms with E-state index in [1.54, 1.807) is 4.90 Å². The van der Waals surface area contributed by atoms with E-state index < -0.39 is 11.4 Å². The van der Waals surface area contributed by atoms with Gasteiger partial charge < -0.3 is 20.2 Å². The van der Waals surface area contributed by atoms with Crippen LogP contribution in [0.3, 0.4) is 0 Å². The molecular formula is C14H27N3O3. The van der Waals surface area contributed by atoms with Crippen LogP contribution in [0, 0.1) is 5.41 Å². The van der Waals surface area contributed by atoms with Crippen molar-refractivity contribution in [3.63, 3.8) is 0 Å². The van der Waals surface area contributed by atoms with Crippen molar-refractivity contribution in [3.05, 3.63) is 0 Å². The second-order valence-electron chi connectivity index (χ2n) is 5.80. The standard InChI is InChI=1S/C14H27N3O3/c1-5-14(6-2,12(18)19)10-15-13(20)17-8-7-11(9-17)16(3)4/h11H,5-10H2,1-4H3,(H,15,20)(H,18,19). The highest BCUT2D eigenvalue weighted by atomic mass is 16.4. The zero-order valence-electron chi connectivity index (χ0n) is 13.0. The van der Waals surface area contributed by atoms with Crippen molar-refractivity contribution in [2.75, 3.05) is 33.7 Å². The lowest BCUT2D eigenvalue weighted by molar-refractivity contribution is -0.149. The zero-order chi connectivity index (χ0) is 15.3. The summed E-state index contributed by atoms with van der Waals surface area (Å²) in [4.78, 5) is 27.4. The molecule has 1 aliphatic rings. The molecule has 1 aliphatic heterocycles. The summed E-state index contributed by atoms with van der Waals surface area (Å²) in [6, 6.07) is 0.240. The first-order valence-corrected chi connectivity index (χ1v) is 7.29. The minimum absolute atomic E-state index is 0.151. The van der Waals surface area contributed by atoms with Crippen molar-refractivity contribution in [1.82, 2.24) is 15.1 Å². The fourth-order valence-electron chi connectivity index (χ4n) is 2.58. The normalized spacial score (nSPS) is 19.4. The van der Waals surface area contributed by atoms with Crippen LogP contribution in [-0.4, -0.2) is 66.7 Å². The predicted molar refractivity (Wildman–Crippen MR) is 77.7 cm³/mol. The van der Waals surface area contributed by atoms with Crippen LogP contribution in [0.5, 0.6) is 0 Å².